The van der Waals surface area contributed by atoms with Gasteiger partial charge in [-0.3, -0.25) is 14.4 Å². The van der Waals surface area contributed by atoms with Crippen LogP contribution in [0.3, 0.4) is 0 Å². The normalized spacial score (nSPS) is 14.8. The maximum absolute atomic E-state index is 12.5. The number of piperidine rings is 1. The number of benzene rings is 1. The van der Waals surface area contributed by atoms with Crippen molar-refractivity contribution in [1.82, 2.24) is 10.2 Å². The molecule has 5 nitrogen and oxygen atoms in total. The highest BCUT2D eigenvalue weighted by atomic mass is 32.1. The third kappa shape index (κ3) is 4.58. The Hall–Kier alpha value is -2.47. The average molecular weight is 370 g/mol. The molecule has 2 heterocycles. The van der Waals surface area contributed by atoms with Gasteiger partial charge in [0.1, 0.15) is 0 Å². The van der Waals surface area contributed by atoms with E-state index in [4.69, 9.17) is 0 Å². The maximum atomic E-state index is 12.5. The Morgan fingerprint density at radius 1 is 1.04 bits per heavy atom. The van der Waals surface area contributed by atoms with Gasteiger partial charge in [-0.05, 0) is 24.3 Å². The van der Waals surface area contributed by atoms with Gasteiger partial charge >= 0.3 is 0 Å². The number of amides is 2. The summed E-state index contributed by atoms with van der Waals surface area (Å²) >= 11 is 1.47. The molecule has 1 aromatic carbocycles. The molecule has 0 atom stereocenters. The first-order valence-corrected chi connectivity index (χ1v) is 9.77. The largest absolute Gasteiger partial charge is 0.351 e. The first-order valence-electron chi connectivity index (χ1n) is 8.82. The predicted octanol–water partition coefficient (Wildman–Crippen LogP) is 2.99. The van der Waals surface area contributed by atoms with Crippen molar-refractivity contribution in [2.24, 2.45) is 5.92 Å². The van der Waals surface area contributed by atoms with E-state index in [1.54, 1.807) is 16.3 Å². The molecular weight excluding hydrogens is 348 g/mol. The molecular formula is C20H22N2O3S. The van der Waals surface area contributed by atoms with Gasteiger partial charge in [0.15, 0.2) is 5.78 Å². The van der Waals surface area contributed by atoms with E-state index >= 15 is 0 Å². The van der Waals surface area contributed by atoms with E-state index in [2.05, 4.69) is 5.32 Å². The average Bonchev–Trinajstić information content (AvgIpc) is 3.23. The Morgan fingerprint density at radius 3 is 2.42 bits per heavy atom. The zero-order valence-corrected chi connectivity index (χ0v) is 15.3. The smallest absolute Gasteiger partial charge is 0.252 e. The van der Waals surface area contributed by atoms with Crippen molar-refractivity contribution >= 4 is 28.9 Å². The summed E-state index contributed by atoms with van der Waals surface area (Å²) < 4.78 is 0. The molecule has 2 amide bonds. The lowest BCUT2D eigenvalue weighted by Gasteiger charge is -2.31. The lowest BCUT2D eigenvalue weighted by atomic mass is 9.89. The van der Waals surface area contributed by atoms with Crippen molar-refractivity contribution in [1.29, 1.82) is 0 Å². The number of nitrogens with zero attached hydrogens (tertiary/aromatic N) is 1. The number of hydrogen-bond donors (Lipinski definition) is 1. The van der Waals surface area contributed by atoms with Crippen molar-refractivity contribution in [3.8, 4) is 0 Å². The molecule has 0 bridgehead atoms. The highest BCUT2D eigenvalue weighted by molar-refractivity contribution is 7.08. The fraction of sp³-hybridized carbons (Fsp3) is 0.350. The number of carbonyl (C=O) groups excluding carboxylic acids is 3. The van der Waals surface area contributed by atoms with Gasteiger partial charge in [0.2, 0.25) is 5.91 Å². The number of likely N-dealkylation sites (tertiary alicyclic amines) is 1. The van der Waals surface area contributed by atoms with E-state index < -0.39 is 0 Å². The molecule has 0 aliphatic carbocycles. The quantitative estimate of drug-likeness (QED) is 0.795. The van der Waals surface area contributed by atoms with Crippen LogP contribution in [0.5, 0.6) is 0 Å². The summed E-state index contributed by atoms with van der Waals surface area (Å²) in [7, 11) is 0. The number of thiophene rings is 1. The zero-order valence-electron chi connectivity index (χ0n) is 14.5. The van der Waals surface area contributed by atoms with E-state index in [9.17, 15) is 14.4 Å². The lowest BCUT2D eigenvalue weighted by molar-refractivity contribution is -0.132. The minimum Gasteiger partial charge on any atom is -0.351 e. The number of rotatable bonds is 6. The van der Waals surface area contributed by atoms with Crippen molar-refractivity contribution in [3.63, 3.8) is 0 Å². The van der Waals surface area contributed by atoms with E-state index in [0.717, 1.165) is 5.56 Å². The molecule has 1 N–H and O–H groups in total. The van der Waals surface area contributed by atoms with Gasteiger partial charge in [-0.2, -0.15) is 11.3 Å². The Labute approximate surface area is 157 Å². The monoisotopic (exact) mass is 370 g/mol. The van der Waals surface area contributed by atoms with E-state index in [1.165, 1.54) is 11.3 Å². The van der Waals surface area contributed by atoms with Crippen molar-refractivity contribution < 1.29 is 14.4 Å². The molecule has 6 heteroatoms. The highest BCUT2D eigenvalue weighted by Crippen LogP contribution is 2.22. The standard InChI is InChI=1S/C20H22N2O3S/c23-18(6-10-21-20(25)17-9-13-26-14-17)22-11-7-16(8-12-22)19(24)15-4-2-1-3-5-15/h1-5,9,13-14,16H,6-8,10-12H2,(H,21,25). The minimum atomic E-state index is -0.147. The molecule has 136 valence electrons. The molecule has 0 spiro atoms. The van der Waals surface area contributed by atoms with Crippen LogP contribution in [0.4, 0.5) is 0 Å². The van der Waals surface area contributed by atoms with E-state index in [0.29, 0.717) is 38.0 Å². The van der Waals surface area contributed by atoms with E-state index in [-0.39, 0.29) is 29.9 Å². The van der Waals surface area contributed by atoms with Crippen molar-refractivity contribution in [2.45, 2.75) is 19.3 Å². The first kappa shape index (κ1) is 18.3. The van der Waals surface area contributed by atoms with Crippen LogP contribution in [0.15, 0.2) is 47.2 Å². The molecule has 0 unspecified atom stereocenters. The Balaban J connectivity index is 1.41. The third-order valence-electron chi connectivity index (χ3n) is 4.68. The van der Waals surface area contributed by atoms with Crippen molar-refractivity contribution in [3.05, 3.63) is 58.3 Å². The predicted molar refractivity (Wildman–Crippen MR) is 101 cm³/mol. The molecule has 2 aromatic rings. The Bertz CT molecular complexity index is 751. The summed E-state index contributed by atoms with van der Waals surface area (Å²) in [6, 6.07) is 11.1. The number of ketones is 1. The van der Waals surface area contributed by atoms with Gasteiger partial charge in [0, 0.05) is 48.5 Å². The summed E-state index contributed by atoms with van der Waals surface area (Å²) in [4.78, 5) is 38.4. The number of carbonyl (C=O) groups is 3. The molecule has 1 fully saturated rings. The SMILES string of the molecule is O=C(NCCC(=O)N1CCC(C(=O)c2ccccc2)CC1)c1ccsc1. The fourth-order valence-electron chi connectivity index (χ4n) is 3.17. The molecule has 1 aromatic heterocycles. The van der Waals surface area contributed by atoms with E-state index in [1.807, 2.05) is 35.7 Å². The number of hydrogen-bond acceptors (Lipinski definition) is 4. The number of Topliss-reactive ketones (excluding diaryl/α,β-unsaturated/α-hetero) is 1. The van der Waals surface area contributed by atoms with Gasteiger partial charge in [-0.25, -0.2) is 0 Å². The molecule has 1 saturated heterocycles. The third-order valence-corrected chi connectivity index (χ3v) is 5.37. The highest BCUT2D eigenvalue weighted by Gasteiger charge is 2.27. The molecule has 0 radical (unpaired) electrons. The van der Waals surface area contributed by atoms with Crippen LogP contribution in [0.1, 0.15) is 40.0 Å². The van der Waals surface area contributed by atoms with Crippen LogP contribution in [0.25, 0.3) is 0 Å². The molecule has 1 aliphatic heterocycles. The van der Waals surface area contributed by atoms with Crippen LogP contribution >= 0.6 is 11.3 Å². The van der Waals surface area contributed by atoms with Gasteiger partial charge in [-0.1, -0.05) is 30.3 Å². The number of nitrogens with one attached hydrogen (secondary N) is 1. The second-order valence-corrected chi connectivity index (χ2v) is 7.18. The first-order chi connectivity index (χ1) is 12.6. The second kappa shape index (κ2) is 8.76. The second-order valence-electron chi connectivity index (χ2n) is 6.40. The lowest BCUT2D eigenvalue weighted by Crippen LogP contribution is -2.41. The topological polar surface area (TPSA) is 66.5 Å². The van der Waals surface area contributed by atoms with Gasteiger partial charge < -0.3 is 10.2 Å². The minimum absolute atomic E-state index is 0.0141. The molecule has 26 heavy (non-hydrogen) atoms. The fourth-order valence-corrected chi connectivity index (χ4v) is 3.80. The van der Waals surface area contributed by atoms with Gasteiger partial charge in [0.25, 0.3) is 5.91 Å². The Kier molecular flexibility index (Phi) is 6.17. The summed E-state index contributed by atoms with van der Waals surface area (Å²) in [5, 5.41) is 6.40. The Morgan fingerprint density at radius 2 is 1.77 bits per heavy atom. The zero-order chi connectivity index (χ0) is 18.4. The van der Waals surface area contributed by atoms with Crippen LogP contribution in [0, 0.1) is 5.92 Å². The van der Waals surface area contributed by atoms with Crippen LogP contribution in [-0.2, 0) is 4.79 Å². The summed E-state index contributed by atoms with van der Waals surface area (Å²) in [6.07, 6.45) is 1.68. The van der Waals surface area contributed by atoms with Crippen LogP contribution < -0.4 is 5.32 Å². The molecule has 0 saturated carbocycles. The summed E-state index contributed by atoms with van der Waals surface area (Å²) in [6.45, 7) is 1.53. The summed E-state index contributed by atoms with van der Waals surface area (Å²) in [5.41, 5.74) is 1.37. The molecule has 1 aliphatic rings. The van der Waals surface area contributed by atoms with Crippen molar-refractivity contribution in [2.75, 3.05) is 19.6 Å². The molecule has 3 rings (SSSR count). The summed E-state index contributed by atoms with van der Waals surface area (Å²) in [5.74, 6) is 0.0351. The maximum Gasteiger partial charge on any atom is 0.252 e. The van der Waals surface area contributed by atoms with Gasteiger partial charge in [0.05, 0.1) is 0 Å². The van der Waals surface area contributed by atoms with Crippen LogP contribution in [-0.4, -0.2) is 42.1 Å². The van der Waals surface area contributed by atoms with Crippen LogP contribution in [0.2, 0.25) is 0 Å². The van der Waals surface area contributed by atoms with Gasteiger partial charge in [-0.15, -0.1) is 0 Å².